The van der Waals surface area contributed by atoms with Crippen molar-refractivity contribution in [3.8, 4) is 0 Å². The lowest BCUT2D eigenvalue weighted by atomic mass is 9.92. The lowest BCUT2D eigenvalue weighted by Crippen LogP contribution is -2.46. The SMILES string of the molecule is CC1CCc2ccccc2N1CC1COCCC1O. The van der Waals surface area contributed by atoms with Crippen LogP contribution >= 0.6 is 0 Å². The molecule has 1 N–H and O–H groups in total. The van der Waals surface area contributed by atoms with E-state index in [4.69, 9.17) is 4.74 Å². The number of ether oxygens (including phenoxy) is 1. The molecular weight excluding hydrogens is 238 g/mol. The van der Waals surface area contributed by atoms with Gasteiger partial charge in [-0.05, 0) is 37.8 Å². The highest BCUT2D eigenvalue weighted by Gasteiger charge is 2.30. The van der Waals surface area contributed by atoms with Gasteiger partial charge in [-0.15, -0.1) is 0 Å². The van der Waals surface area contributed by atoms with E-state index in [1.165, 1.54) is 17.7 Å². The number of nitrogens with zero attached hydrogens (tertiary/aromatic N) is 1. The predicted octanol–water partition coefficient (Wildman–Crippen LogP) is 2.23. The van der Waals surface area contributed by atoms with Gasteiger partial charge >= 0.3 is 0 Å². The maximum Gasteiger partial charge on any atom is 0.0629 e. The first-order valence-corrected chi connectivity index (χ1v) is 7.36. The summed E-state index contributed by atoms with van der Waals surface area (Å²) in [6, 6.07) is 9.20. The van der Waals surface area contributed by atoms with Gasteiger partial charge in [0.2, 0.25) is 0 Å². The summed E-state index contributed by atoms with van der Waals surface area (Å²) in [5, 5.41) is 10.1. The molecule has 0 aromatic heterocycles. The average Bonchev–Trinajstić information content (AvgIpc) is 2.44. The Bertz CT molecular complexity index is 435. The Morgan fingerprint density at radius 2 is 2.16 bits per heavy atom. The lowest BCUT2D eigenvalue weighted by Gasteiger charge is -2.41. The van der Waals surface area contributed by atoms with Crippen LogP contribution in [-0.2, 0) is 11.2 Å². The van der Waals surface area contributed by atoms with Crippen LogP contribution in [0.2, 0.25) is 0 Å². The fraction of sp³-hybridized carbons (Fsp3) is 0.625. The van der Waals surface area contributed by atoms with Crippen LogP contribution in [0, 0.1) is 5.92 Å². The molecule has 0 spiro atoms. The molecule has 19 heavy (non-hydrogen) atoms. The van der Waals surface area contributed by atoms with E-state index in [1.54, 1.807) is 0 Å². The summed E-state index contributed by atoms with van der Waals surface area (Å²) >= 11 is 0. The zero-order chi connectivity index (χ0) is 13.2. The molecule has 1 aromatic carbocycles. The molecule has 2 aliphatic heterocycles. The quantitative estimate of drug-likeness (QED) is 0.886. The van der Waals surface area contributed by atoms with Crippen LogP contribution in [0.15, 0.2) is 24.3 Å². The number of hydrogen-bond acceptors (Lipinski definition) is 3. The number of anilines is 1. The van der Waals surface area contributed by atoms with Crippen LogP contribution in [0.1, 0.15) is 25.3 Å². The molecule has 104 valence electrons. The van der Waals surface area contributed by atoms with E-state index in [0.717, 1.165) is 19.4 Å². The average molecular weight is 261 g/mol. The fourth-order valence-corrected chi connectivity index (χ4v) is 3.25. The van der Waals surface area contributed by atoms with E-state index < -0.39 is 0 Å². The molecule has 0 aliphatic carbocycles. The maximum atomic E-state index is 10.1. The number of aliphatic hydroxyl groups is 1. The topological polar surface area (TPSA) is 32.7 Å². The van der Waals surface area contributed by atoms with Crippen LogP contribution in [0.25, 0.3) is 0 Å². The van der Waals surface area contributed by atoms with Gasteiger partial charge in [0.15, 0.2) is 0 Å². The highest BCUT2D eigenvalue weighted by Crippen LogP contribution is 2.32. The van der Waals surface area contributed by atoms with Gasteiger partial charge in [-0.1, -0.05) is 18.2 Å². The van der Waals surface area contributed by atoms with E-state index in [2.05, 4.69) is 36.1 Å². The van der Waals surface area contributed by atoms with Gasteiger partial charge in [0.25, 0.3) is 0 Å². The standard InChI is InChI=1S/C16H23NO2/c1-12-6-7-13-4-2-3-5-15(13)17(12)10-14-11-19-9-8-16(14)18/h2-5,12,14,16,18H,6-11H2,1H3. The maximum absolute atomic E-state index is 10.1. The number of aliphatic hydroxyl groups excluding tert-OH is 1. The van der Waals surface area contributed by atoms with Crippen molar-refractivity contribution in [1.29, 1.82) is 0 Å². The Morgan fingerprint density at radius 1 is 1.32 bits per heavy atom. The van der Waals surface area contributed by atoms with E-state index in [9.17, 15) is 5.11 Å². The van der Waals surface area contributed by atoms with Gasteiger partial charge in [0.1, 0.15) is 0 Å². The third-order valence-electron chi connectivity index (χ3n) is 4.53. The van der Waals surface area contributed by atoms with Gasteiger partial charge in [-0.2, -0.15) is 0 Å². The third kappa shape index (κ3) is 2.63. The predicted molar refractivity (Wildman–Crippen MR) is 76.5 cm³/mol. The summed E-state index contributed by atoms with van der Waals surface area (Å²) < 4.78 is 5.53. The van der Waals surface area contributed by atoms with Crippen LogP contribution in [0.4, 0.5) is 5.69 Å². The molecule has 1 aromatic rings. The zero-order valence-electron chi connectivity index (χ0n) is 11.6. The molecule has 2 heterocycles. The van der Waals surface area contributed by atoms with Crippen molar-refractivity contribution in [2.24, 2.45) is 5.92 Å². The van der Waals surface area contributed by atoms with Crippen LogP contribution in [0.3, 0.4) is 0 Å². The van der Waals surface area contributed by atoms with Crippen molar-refractivity contribution >= 4 is 5.69 Å². The summed E-state index contributed by atoms with van der Waals surface area (Å²) in [5.41, 5.74) is 2.78. The number of benzene rings is 1. The molecule has 3 atom stereocenters. The zero-order valence-corrected chi connectivity index (χ0v) is 11.6. The van der Waals surface area contributed by atoms with E-state index in [1.807, 2.05) is 0 Å². The number of aryl methyl sites for hydroxylation is 1. The first-order valence-electron chi connectivity index (χ1n) is 7.36. The smallest absolute Gasteiger partial charge is 0.0629 e. The normalized spacial score (nSPS) is 31.1. The Kier molecular flexibility index (Phi) is 3.76. The summed E-state index contributed by atoms with van der Waals surface area (Å²) in [6.45, 7) is 4.57. The highest BCUT2D eigenvalue weighted by molar-refractivity contribution is 5.56. The Hall–Kier alpha value is -1.06. The van der Waals surface area contributed by atoms with Crippen molar-refractivity contribution in [3.05, 3.63) is 29.8 Å². The molecule has 0 amide bonds. The summed E-state index contributed by atoms with van der Waals surface area (Å²) in [4.78, 5) is 2.46. The van der Waals surface area contributed by atoms with E-state index >= 15 is 0 Å². The number of hydrogen-bond donors (Lipinski definition) is 1. The molecule has 0 radical (unpaired) electrons. The summed E-state index contributed by atoms with van der Waals surface area (Å²) in [6.07, 6.45) is 2.92. The van der Waals surface area contributed by atoms with Crippen LogP contribution < -0.4 is 4.90 Å². The molecule has 0 saturated carbocycles. The lowest BCUT2D eigenvalue weighted by molar-refractivity contribution is -0.0328. The largest absolute Gasteiger partial charge is 0.393 e. The van der Waals surface area contributed by atoms with Gasteiger partial charge in [0, 0.05) is 30.8 Å². The van der Waals surface area contributed by atoms with E-state index in [-0.39, 0.29) is 12.0 Å². The summed E-state index contributed by atoms with van der Waals surface area (Å²) in [7, 11) is 0. The number of fused-ring (bicyclic) bond motifs is 1. The number of rotatable bonds is 2. The van der Waals surface area contributed by atoms with E-state index in [0.29, 0.717) is 19.3 Å². The minimum Gasteiger partial charge on any atom is -0.393 e. The van der Waals surface area contributed by atoms with Gasteiger partial charge < -0.3 is 14.7 Å². The second kappa shape index (κ2) is 5.51. The van der Waals surface area contributed by atoms with Crippen molar-refractivity contribution < 1.29 is 9.84 Å². The van der Waals surface area contributed by atoms with Crippen molar-refractivity contribution in [2.75, 3.05) is 24.7 Å². The number of para-hydroxylation sites is 1. The molecule has 3 unspecified atom stereocenters. The minimum absolute atomic E-state index is 0.213. The molecule has 0 bridgehead atoms. The fourth-order valence-electron chi connectivity index (χ4n) is 3.25. The Morgan fingerprint density at radius 3 is 3.00 bits per heavy atom. The molecule has 1 fully saturated rings. The highest BCUT2D eigenvalue weighted by atomic mass is 16.5. The molecule has 3 rings (SSSR count). The molecule has 3 nitrogen and oxygen atoms in total. The van der Waals surface area contributed by atoms with Crippen LogP contribution in [-0.4, -0.2) is 37.0 Å². The molecular formula is C16H23NO2. The van der Waals surface area contributed by atoms with Crippen molar-refractivity contribution in [3.63, 3.8) is 0 Å². The molecule has 2 aliphatic rings. The summed E-state index contributed by atoms with van der Waals surface area (Å²) in [5.74, 6) is 0.238. The molecule has 1 saturated heterocycles. The Labute approximate surface area is 115 Å². The first-order chi connectivity index (χ1) is 9.25. The van der Waals surface area contributed by atoms with Gasteiger partial charge in [-0.3, -0.25) is 0 Å². The van der Waals surface area contributed by atoms with Gasteiger partial charge in [0.05, 0.1) is 12.7 Å². The van der Waals surface area contributed by atoms with Crippen molar-refractivity contribution in [2.45, 2.75) is 38.3 Å². The second-order valence-corrected chi connectivity index (χ2v) is 5.86. The Balaban J connectivity index is 1.79. The minimum atomic E-state index is -0.213. The molecule has 3 heteroatoms. The van der Waals surface area contributed by atoms with Crippen LogP contribution in [0.5, 0.6) is 0 Å². The second-order valence-electron chi connectivity index (χ2n) is 5.86. The third-order valence-corrected chi connectivity index (χ3v) is 4.53. The van der Waals surface area contributed by atoms with Crippen molar-refractivity contribution in [1.82, 2.24) is 0 Å². The first kappa shape index (κ1) is 12.9. The monoisotopic (exact) mass is 261 g/mol. The van der Waals surface area contributed by atoms with Gasteiger partial charge in [-0.25, -0.2) is 0 Å².